The van der Waals surface area contributed by atoms with Crippen molar-refractivity contribution in [2.45, 2.75) is 24.7 Å². The molecule has 2 fully saturated rings. The Labute approximate surface area is 112 Å². The van der Waals surface area contributed by atoms with E-state index < -0.39 is 0 Å². The molecule has 2 bridgehead atoms. The second kappa shape index (κ2) is 4.17. The summed E-state index contributed by atoms with van der Waals surface area (Å²) in [6.07, 6.45) is 9.13. The van der Waals surface area contributed by atoms with Crippen LogP contribution in [-0.2, 0) is 5.41 Å². The van der Waals surface area contributed by atoms with Crippen LogP contribution < -0.4 is 0 Å². The minimum Gasteiger partial charge on any atom is -0.443 e. The molecule has 0 amide bonds. The highest BCUT2D eigenvalue weighted by Crippen LogP contribution is 2.41. The second-order valence-electron chi connectivity index (χ2n) is 5.68. The van der Waals surface area contributed by atoms with Gasteiger partial charge in [-0.2, -0.15) is 0 Å². The number of rotatable bonds is 2. The number of pyridine rings is 1. The van der Waals surface area contributed by atoms with Crippen molar-refractivity contribution in [2.24, 2.45) is 0 Å². The number of aromatic nitrogens is 2. The van der Waals surface area contributed by atoms with Crippen molar-refractivity contribution in [3.8, 4) is 11.6 Å². The molecule has 2 atom stereocenters. The van der Waals surface area contributed by atoms with Gasteiger partial charge in [-0.1, -0.05) is 6.07 Å². The van der Waals surface area contributed by atoms with Crippen LogP contribution in [-0.4, -0.2) is 34.5 Å². The molecule has 0 radical (unpaired) electrons. The van der Waals surface area contributed by atoms with Crippen LogP contribution in [0.25, 0.3) is 11.6 Å². The predicted octanol–water partition coefficient (Wildman–Crippen LogP) is 2.47. The van der Waals surface area contributed by atoms with Crippen LogP contribution in [0.4, 0.5) is 0 Å². The lowest BCUT2D eigenvalue weighted by Crippen LogP contribution is -2.36. The maximum Gasteiger partial charge on any atom is 0.244 e. The molecule has 2 aliphatic heterocycles. The lowest BCUT2D eigenvalue weighted by atomic mass is 9.75. The molecule has 0 N–H and O–H groups in total. The van der Waals surface area contributed by atoms with Crippen molar-refractivity contribution in [1.29, 1.82) is 0 Å². The van der Waals surface area contributed by atoms with Gasteiger partial charge >= 0.3 is 0 Å². The van der Waals surface area contributed by atoms with Crippen molar-refractivity contribution >= 4 is 0 Å². The minimum atomic E-state index is 0.348. The van der Waals surface area contributed by atoms with Gasteiger partial charge in [-0.25, -0.2) is 4.98 Å². The van der Waals surface area contributed by atoms with Crippen molar-refractivity contribution < 1.29 is 4.42 Å². The van der Waals surface area contributed by atoms with Gasteiger partial charge in [-0.15, -0.1) is 0 Å². The summed E-state index contributed by atoms with van der Waals surface area (Å²) in [4.78, 5) is 11.2. The quantitative estimate of drug-likeness (QED) is 0.826. The number of oxazole rings is 1. The van der Waals surface area contributed by atoms with E-state index in [9.17, 15) is 0 Å². The molecule has 2 aromatic rings. The molecule has 4 nitrogen and oxygen atoms in total. The third kappa shape index (κ3) is 1.78. The van der Waals surface area contributed by atoms with Gasteiger partial charge in [-0.05, 0) is 44.0 Å². The second-order valence-corrected chi connectivity index (χ2v) is 5.68. The third-order valence-corrected chi connectivity index (χ3v) is 4.59. The zero-order valence-corrected chi connectivity index (χ0v) is 10.9. The lowest BCUT2D eigenvalue weighted by Gasteiger charge is -2.34. The average molecular weight is 255 g/mol. The standard InChI is InChI=1S/C15H17N3O/c1-4-15(5-8-18(7-1)11-15)12-2-3-13(17-10-12)14-16-6-9-19-14/h2-3,6,9-10H,1,4-5,7-8,11H2. The SMILES string of the molecule is c1coc(-c2ccc(C34CCCN(CC3)C4)cn2)n1. The zero-order valence-electron chi connectivity index (χ0n) is 10.9. The first kappa shape index (κ1) is 11.2. The van der Waals surface area contributed by atoms with Crippen molar-refractivity contribution in [3.05, 3.63) is 36.4 Å². The Morgan fingerprint density at radius 2 is 2.16 bits per heavy atom. The Hall–Kier alpha value is -1.68. The van der Waals surface area contributed by atoms with Crippen molar-refractivity contribution in [2.75, 3.05) is 19.6 Å². The summed E-state index contributed by atoms with van der Waals surface area (Å²) in [7, 11) is 0. The Morgan fingerprint density at radius 1 is 1.16 bits per heavy atom. The molecule has 2 aromatic heterocycles. The highest BCUT2D eigenvalue weighted by molar-refractivity contribution is 5.47. The van der Waals surface area contributed by atoms with E-state index in [1.54, 1.807) is 12.5 Å². The Bertz CT molecular complexity index is 560. The van der Waals surface area contributed by atoms with Gasteiger partial charge in [0.15, 0.2) is 0 Å². The Balaban J connectivity index is 1.66. The van der Waals surface area contributed by atoms with Crippen molar-refractivity contribution in [3.63, 3.8) is 0 Å². The summed E-state index contributed by atoms with van der Waals surface area (Å²) in [6, 6.07) is 4.24. The zero-order chi connectivity index (χ0) is 12.7. The molecule has 2 aliphatic rings. The van der Waals surface area contributed by atoms with Gasteiger partial charge in [0.2, 0.25) is 5.89 Å². The predicted molar refractivity (Wildman–Crippen MR) is 71.7 cm³/mol. The molecular formula is C15H17N3O. The van der Waals surface area contributed by atoms with Crippen LogP contribution in [0, 0.1) is 0 Å². The summed E-state index contributed by atoms with van der Waals surface area (Å²) in [5.74, 6) is 0.598. The molecule has 0 aromatic carbocycles. The fraction of sp³-hybridized carbons (Fsp3) is 0.467. The maximum absolute atomic E-state index is 5.28. The Kier molecular flexibility index (Phi) is 2.45. The highest BCUT2D eigenvalue weighted by atomic mass is 16.3. The third-order valence-electron chi connectivity index (χ3n) is 4.59. The van der Waals surface area contributed by atoms with E-state index in [1.807, 2.05) is 12.3 Å². The van der Waals surface area contributed by atoms with Crippen LogP contribution in [0.3, 0.4) is 0 Å². The summed E-state index contributed by atoms with van der Waals surface area (Å²) >= 11 is 0. The molecule has 2 saturated heterocycles. The summed E-state index contributed by atoms with van der Waals surface area (Å²) < 4.78 is 5.28. The van der Waals surface area contributed by atoms with Crippen LogP contribution in [0.1, 0.15) is 24.8 Å². The van der Waals surface area contributed by atoms with Gasteiger partial charge < -0.3 is 9.32 Å². The summed E-state index contributed by atoms with van der Waals surface area (Å²) in [6.45, 7) is 3.71. The van der Waals surface area contributed by atoms with Crippen LogP contribution >= 0.6 is 0 Å². The monoisotopic (exact) mass is 255 g/mol. The van der Waals surface area contributed by atoms with E-state index in [0.717, 1.165) is 5.69 Å². The lowest BCUT2D eigenvalue weighted by molar-refractivity contribution is 0.243. The highest BCUT2D eigenvalue weighted by Gasteiger charge is 2.42. The molecule has 19 heavy (non-hydrogen) atoms. The number of hydrogen-bond acceptors (Lipinski definition) is 4. The topological polar surface area (TPSA) is 42.2 Å². The molecule has 4 heterocycles. The largest absolute Gasteiger partial charge is 0.443 e. The number of hydrogen-bond donors (Lipinski definition) is 0. The van der Waals surface area contributed by atoms with Gasteiger partial charge in [0, 0.05) is 18.2 Å². The number of fused-ring (bicyclic) bond motifs is 2. The Morgan fingerprint density at radius 3 is 2.95 bits per heavy atom. The van der Waals surface area contributed by atoms with E-state index in [-0.39, 0.29) is 0 Å². The first-order valence-corrected chi connectivity index (χ1v) is 6.95. The van der Waals surface area contributed by atoms with E-state index >= 15 is 0 Å². The van der Waals surface area contributed by atoms with Crippen LogP contribution in [0.15, 0.2) is 35.2 Å². The van der Waals surface area contributed by atoms with E-state index in [1.165, 1.54) is 44.5 Å². The van der Waals surface area contributed by atoms with E-state index in [2.05, 4.69) is 20.9 Å². The fourth-order valence-corrected chi connectivity index (χ4v) is 3.56. The van der Waals surface area contributed by atoms with Crippen LogP contribution in [0.2, 0.25) is 0 Å². The summed E-state index contributed by atoms with van der Waals surface area (Å²) in [5, 5.41) is 0. The first-order valence-electron chi connectivity index (χ1n) is 6.95. The molecule has 4 rings (SSSR count). The van der Waals surface area contributed by atoms with Crippen LogP contribution in [0.5, 0.6) is 0 Å². The van der Waals surface area contributed by atoms with Gasteiger partial charge in [0.25, 0.3) is 0 Å². The first-order chi connectivity index (χ1) is 9.36. The van der Waals surface area contributed by atoms with E-state index in [4.69, 9.17) is 4.42 Å². The molecule has 4 heteroatoms. The maximum atomic E-state index is 5.28. The minimum absolute atomic E-state index is 0.348. The average Bonchev–Trinajstić information content (AvgIpc) is 3.09. The normalized spacial score (nSPS) is 29.6. The molecular weight excluding hydrogens is 238 g/mol. The van der Waals surface area contributed by atoms with Gasteiger partial charge in [0.05, 0.1) is 6.20 Å². The number of nitrogens with zero attached hydrogens (tertiary/aromatic N) is 3. The molecule has 0 aliphatic carbocycles. The molecule has 2 unspecified atom stereocenters. The molecule has 0 spiro atoms. The van der Waals surface area contributed by atoms with Gasteiger partial charge in [-0.3, -0.25) is 4.98 Å². The molecule has 98 valence electrons. The van der Waals surface area contributed by atoms with E-state index in [0.29, 0.717) is 11.3 Å². The smallest absolute Gasteiger partial charge is 0.244 e. The van der Waals surface area contributed by atoms with Gasteiger partial charge in [0.1, 0.15) is 12.0 Å². The molecule has 0 saturated carbocycles. The van der Waals surface area contributed by atoms with Crippen molar-refractivity contribution in [1.82, 2.24) is 14.9 Å². The fourth-order valence-electron chi connectivity index (χ4n) is 3.56. The summed E-state index contributed by atoms with van der Waals surface area (Å²) in [5.41, 5.74) is 2.54. The number of piperidine rings is 1.